The van der Waals surface area contributed by atoms with E-state index in [0.717, 1.165) is 6.92 Å². The quantitative estimate of drug-likeness (QED) is 0.469. The smallest absolute Gasteiger partial charge is 0.303 e. The number of rotatable bonds is 3. The Bertz CT molecular complexity index is 569. The van der Waals surface area contributed by atoms with Gasteiger partial charge in [-0.05, 0) is 13.0 Å². The fourth-order valence-electron chi connectivity index (χ4n) is 2.19. The fourth-order valence-corrected chi connectivity index (χ4v) is 2.19. The van der Waals surface area contributed by atoms with Crippen molar-refractivity contribution in [1.82, 2.24) is 0 Å². The summed E-state index contributed by atoms with van der Waals surface area (Å²) in [5, 5.41) is 11.0. The van der Waals surface area contributed by atoms with Crippen LogP contribution in [-0.4, -0.2) is 23.3 Å². The summed E-state index contributed by atoms with van der Waals surface area (Å²) in [6.45, 7) is 3.26. The van der Waals surface area contributed by atoms with Crippen molar-refractivity contribution in [2.24, 2.45) is 0 Å². The molecule has 1 aromatic rings. The van der Waals surface area contributed by atoms with Crippen LogP contribution < -0.4 is 4.90 Å². The van der Waals surface area contributed by atoms with Crippen molar-refractivity contribution in [3.63, 3.8) is 0 Å². The zero-order chi connectivity index (χ0) is 14.2. The van der Waals surface area contributed by atoms with Crippen LogP contribution in [0.4, 0.5) is 11.4 Å². The van der Waals surface area contributed by atoms with Crippen LogP contribution in [0.5, 0.6) is 0 Å². The van der Waals surface area contributed by atoms with E-state index < -0.39 is 22.9 Å². The minimum absolute atomic E-state index is 0.148. The molecule has 1 aliphatic rings. The normalized spacial score (nSPS) is 17.3. The zero-order valence-electron chi connectivity index (χ0n) is 10.5. The average molecular weight is 264 g/mol. The van der Waals surface area contributed by atoms with Gasteiger partial charge in [0.15, 0.2) is 0 Å². The standard InChI is InChI=1S/C12H12N2O5/c1-3-13-8-5-4-6-9(14(17)18)10(8)11(12(13)16)19-7(2)15/h4-6,11H,3H2,1-2H3. The van der Waals surface area contributed by atoms with Crippen molar-refractivity contribution < 1.29 is 19.2 Å². The summed E-state index contributed by atoms with van der Waals surface area (Å²) in [5.41, 5.74) is 0.357. The van der Waals surface area contributed by atoms with Crippen LogP contribution in [0.1, 0.15) is 25.5 Å². The van der Waals surface area contributed by atoms with Crippen molar-refractivity contribution in [2.45, 2.75) is 20.0 Å². The first-order valence-corrected chi connectivity index (χ1v) is 5.73. The maximum Gasteiger partial charge on any atom is 0.303 e. The van der Waals surface area contributed by atoms with Gasteiger partial charge < -0.3 is 9.64 Å². The van der Waals surface area contributed by atoms with Crippen molar-refractivity contribution in [3.8, 4) is 0 Å². The second-order valence-corrected chi connectivity index (χ2v) is 4.04. The number of nitro benzene ring substituents is 1. The number of likely N-dealkylation sites (N-methyl/N-ethyl adjacent to an activating group) is 1. The van der Waals surface area contributed by atoms with Gasteiger partial charge in [0.2, 0.25) is 6.10 Å². The summed E-state index contributed by atoms with van der Waals surface area (Å²) in [5.74, 6) is -1.11. The predicted octanol–water partition coefficient (Wildman–Crippen LogP) is 1.57. The molecule has 0 saturated heterocycles. The summed E-state index contributed by atoms with van der Waals surface area (Å²) < 4.78 is 4.94. The number of anilines is 1. The number of benzene rings is 1. The summed E-state index contributed by atoms with van der Waals surface area (Å²) in [7, 11) is 0. The molecule has 7 heteroatoms. The number of nitro groups is 1. The van der Waals surface area contributed by atoms with Crippen molar-refractivity contribution in [1.29, 1.82) is 0 Å². The lowest BCUT2D eigenvalue weighted by Crippen LogP contribution is -2.29. The first-order chi connectivity index (χ1) is 8.97. The molecule has 0 bridgehead atoms. The van der Waals surface area contributed by atoms with Crippen LogP contribution in [0.3, 0.4) is 0 Å². The third-order valence-corrected chi connectivity index (χ3v) is 2.90. The van der Waals surface area contributed by atoms with Gasteiger partial charge in [-0.25, -0.2) is 0 Å². The summed E-state index contributed by atoms with van der Waals surface area (Å²) in [6, 6.07) is 4.40. The lowest BCUT2D eigenvalue weighted by molar-refractivity contribution is -0.385. The van der Waals surface area contributed by atoms with E-state index in [4.69, 9.17) is 4.74 Å². The zero-order valence-corrected chi connectivity index (χ0v) is 10.5. The number of fused-ring (bicyclic) bond motifs is 1. The topological polar surface area (TPSA) is 89.8 Å². The number of nitrogens with zero attached hydrogens (tertiary/aromatic N) is 2. The van der Waals surface area contributed by atoms with Gasteiger partial charge in [0.05, 0.1) is 10.6 Å². The molecule has 1 heterocycles. The van der Waals surface area contributed by atoms with E-state index in [-0.39, 0.29) is 11.3 Å². The minimum Gasteiger partial charge on any atom is -0.447 e. The Kier molecular flexibility index (Phi) is 3.20. The number of esters is 1. The Morgan fingerprint density at radius 1 is 1.53 bits per heavy atom. The minimum atomic E-state index is -1.23. The van der Waals surface area contributed by atoms with Crippen molar-refractivity contribution in [2.75, 3.05) is 11.4 Å². The molecule has 19 heavy (non-hydrogen) atoms. The second kappa shape index (κ2) is 4.68. The molecule has 0 radical (unpaired) electrons. The van der Waals surface area contributed by atoms with Crippen LogP contribution in [0.25, 0.3) is 0 Å². The van der Waals surface area contributed by atoms with Gasteiger partial charge in [0.25, 0.3) is 11.6 Å². The van der Waals surface area contributed by atoms with E-state index in [2.05, 4.69) is 0 Å². The first kappa shape index (κ1) is 13.0. The molecular formula is C12H12N2O5. The number of hydrogen-bond donors (Lipinski definition) is 0. The molecular weight excluding hydrogens is 252 g/mol. The number of ether oxygens (including phenoxy) is 1. The van der Waals surface area contributed by atoms with Gasteiger partial charge in [-0.2, -0.15) is 0 Å². The Balaban J connectivity index is 2.61. The van der Waals surface area contributed by atoms with Crippen molar-refractivity contribution >= 4 is 23.3 Å². The molecule has 1 amide bonds. The molecule has 1 aliphatic heterocycles. The van der Waals surface area contributed by atoms with Crippen LogP contribution in [-0.2, 0) is 14.3 Å². The molecule has 7 nitrogen and oxygen atoms in total. The largest absolute Gasteiger partial charge is 0.447 e. The molecule has 0 saturated carbocycles. The van der Waals surface area contributed by atoms with Gasteiger partial charge in [-0.3, -0.25) is 19.7 Å². The van der Waals surface area contributed by atoms with Crippen molar-refractivity contribution in [3.05, 3.63) is 33.9 Å². The van der Waals surface area contributed by atoms with E-state index in [1.54, 1.807) is 13.0 Å². The molecule has 0 aromatic heterocycles. The highest BCUT2D eigenvalue weighted by Gasteiger charge is 2.43. The highest BCUT2D eigenvalue weighted by Crippen LogP contribution is 2.43. The molecule has 1 atom stereocenters. The number of carbonyl (C=O) groups excluding carboxylic acids is 2. The van der Waals surface area contributed by atoms with Crippen LogP contribution in [0.2, 0.25) is 0 Å². The van der Waals surface area contributed by atoms with Crippen LogP contribution in [0.15, 0.2) is 18.2 Å². The molecule has 0 aliphatic carbocycles. The Labute approximate surface area is 108 Å². The third-order valence-electron chi connectivity index (χ3n) is 2.90. The number of carbonyl (C=O) groups is 2. The summed E-state index contributed by atoms with van der Waals surface area (Å²) in [4.78, 5) is 35.0. The Hall–Kier alpha value is -2.44. The number of hydrogen-bond acceptors (Lipinski definition) is 5. The summed E-state index contributed by atoms with van der Waals surface area (Å²) in [6.07, 6.45) is -1.23. The first-order valence-electron chi connectivity index (χ1n) is 5.73. The van der Waals surface area contributed by atoms with Gasteiger partial charge in [-0.1, -0.05) is 6.07 Å². The van der Waals surface area contributed by atoms with E-state index in [1.165, 1.54) is 17.0 Å². The Morgan fingerprint density at radius 3 is 2.74 bits per heavy atom. The van der Waals surface area contributed by atoms with Gasteiger partial charge in [0.1, 0.15) is 5.56 Å². The van der Waals surface area contributed by atoms with E-state index in [9.17, 15) is 19.7 Å². The van der Waals surface area contributed by atoms with Gasteiger partial charge in [0, 0.05) is 19.5 Å². The van der Waals surface area contributed by atoms with E-state index >= 15 is 0 Å². The van der Waals surface area contributed by atoms with E-state index in [0.29, 0.717) is 12.2 Å². The lowest BCUT2D eigenvalue weighted by Gasteiger charge is -2.14. The SMILES string of the molecule is CCN1C(=O)C(OC(C)=O)c2c1cccc2[N+](=O)[O-]. The third kappa shape index (κ3) is 2.03. The molecule has 0 N–H and O–H groups in total. The van der Waals surface area contributed by atoms with Crippen LogP contribution >= 0.6 is 0 Å². The maximum absolute atomic E-state index is 12.1. The monoisotopic (exact) mass is 264 g/mol. The molecule has 0 fully saturated rings. The fraction of sp³-hybridized carbons (Fsp3) is 0.333. The Morgan fingerprint density at radius 2 is 2.21 bits per heavy atom. The number of amides is 1. The molecule has 100 valence electrons. The van der Waals surface area contributed by atoms with Crippen LogP contribution in [0, 0.1) is 10.1 Å². The van der Waals surface area contributed by atoms with Gasteiger partial charge in [-0.15, -0.1) is 0 Å². The average Bonchev–Trinajstić information content (AvgIpc) is 2.61. The molecule has 0 spiro atoms. The summed E-state index contributed by atoms with van der Waals surface area (Å²) >= 11 is 0. The van der Waals surface area contributed by atoms with E-state index in [1.807, 2.05) is 0 Å². The maximum atomic E-state index is 12.1. The molecule has 1 unspecified atom stereocenters. The predicted molar refractivity (Wildman–Crippen MR) is 65.6 cm³/mol. The molecule has 1 aromatic carbocycles. The highest BCUT2D eigenvalue weighted by molar-refractivity contribution is 6.06. The molecule has 2 rings (SSSR count). The second-order valence-electron chi connectivity index (χ2n) is 4.04. The highest BCUT2D eigenvalue weighted by atomic mass is 16.6. The lowest BCUT2D eigenvalue weighted by atomic mass is 10.1. The van der Waals surface area contributed by atoms with Gasteiger partial charge >= 0.3 is 5.97 Å².